The minimum absolute atomic E-state index is 0.0464. The summed E-state index contributed by atoms with van der Waals surface area (Å²) < 4.78 is 5.16. The molecule has 0 saturated heterocycles. The van der Waals surface area contributed by atoms with Gasteiger partial charge >= 0.3 is 0 Å². The molecule has 2 aromatic rings. The van der Waals surface area contributed by atoms with Gasteiger partial charge in [0.2, 0.25) is 0 Å². The molecule has 1 N–H and O–H groups in total. The first-order valence-electron chi connectivity index (χ1n) is 6.65. The van der Waals surface area contributed by atoms with Crippen molar-refractivity contribution < 1.29 is 9.66 Å². The monoisotopic (exact) mass is 277 g/mol. The molecule has 0 aliphatic heterocycles. The van der Waals surface area contributed by atoms with Crippen LogP contribution in [0.25, 0.3) is 10.9 Å². The molecule has 0 bridgehead atoms. The lowest BCUT2D eigenvalue weighted by Crippen LogP contribution is -2.21. The Labute approximate surface area is 117 Å². The largest absolute Gasteiger partial charge is 0.496 e. The average Bonchev–Trinajstić information content (AvgIpc) is 2.86. The van der Waals surface area contributed by atoms with E-state index in [1.165, 1.54) is 13.2 Å². The molecule has 108 valence electrons. The van der Waals surface area contributed by atoms with Gasteiger partial charge in [-0.2, -0.15) is 0 Å². The summed E-state index contributed by atoms with van der Waals surface area (Å²) >= 11 is 0. The molecule has 6 heteroatoms. The van der Waals surface area contributed by atoms with E-state index in [-0.39, 0.29) is 10.6 Å². The van der Waals surface area contributed by atoms with Crippen LogP contribution in [0.4, 0.5) is 5.69 Å². The van der Waals surface area contributed by atoms with Gasteiger partial charge in [0.1, 0.15) is 11.3 Å². The molecule has 0 saturated carbocycles. The molecular weight excluding hydrogens is 258 g/mol. The number of fused-ring (bicyclic) bond motifs is 1. The maximum absolute atomic E-state index is 11.1. The van der Waals surface area contributed by atoms with Crippen LogP contribution in [-0.4, -0.2) is 35.0 Å². The number of non-ortho nitro benzene ring substituents is 1. The SMILES string of the molecule is CCN(CC)Cc1c[nH]c2c([N+](=O)[O-])cc(OC)cc12. The molecule has 0 spiro atoms. The smallest absolute Gasteiger partial charge is 0.296 e. The highest BCUT2D eigenvalue weighted by Crippen LogP contribution is 2.32. The van der Waals surface area contributed by atoms with Gasteiger partial charge in [-0.3, -0.25) is 15.0 Å². The van der Waals surface area contributed by atoms with Crippen molar-refractivity contribution in [2.45, 2.75) is 20.4 Å². The van der Waals surface area contributed by atoms with Crippen molar-refractivity contribution in [1.29, 1.82) is 0 Å². The van der Waals surface area contributed by atoms with Crippen LogP contribution >= 0.6 is 0 Å². The third-order valence-corrected chi connectivity index (χ3v) is 3.55. The van der Waals surface area contributed by atoms with Crippen molar-refractivity contribution in [2.75, 3.05) is 20.2 Å². The number of rotatable bonds is 6. The van der Waals surface area contributed by atoms with Crippen molar-refractivity contribution in [3.05, 3.63) is 34.0 Å². The van der Waals surface area contributed by atoms with Gasteiger partial charge < -0.3 is 9.72 Å². The van der Waals surface area contributed by atoms with Gasteiger partial charge in [0.15, 0.2) is 0 Å². The molecule has 0 unspecified atom stereocenters. The molecule has 20 heavy (non-hydrogen) atoms. The summed E-state index contributed by atoms with van der Waals surface area (Å²) in [4.78, 5) is 16.0. The second kappa shape index (κ2) is 5.92. The average molecular weight is 277 g/mol. The number of hydrogen-bond donors (Lipinski definition) is 1. The van der Waals surface area contributed by atoms with Crippen LogP contribution in [0.5, 0.6) is 5.75 Å². The summed E-state index contributed by atoms with van der Waals surface area (Å²) in [5, 5.41) is 12.0. The van der Waals surface area contributed by atoms with Crippen molar-refractivity contribution in [3.8, 4) is 5.75 Å². The highest BCUT2D eigenvalue weighted by atomic mass is 16.6. The number of aromatic amines is 1. The highest BCUT2D eigenvalue weighted by Gasteiger charge is 2.18. The molecule has 1 heterocycles. The zero-order chi connectivity index (χ0) is 14.7. The summed E-state index contributed by atoms with van der Waals surface area (Å²) in [5.74, 6) is 0.504. The number of benzene rings is 1. The molecule has 1 aromatic heterocycles. The van der Waals surface area contributed by atoms with E-state index in [1.807, 2.05) is 12.3 Å². The van der Waals surface area contributed by atoms with Gasteiger partial charge in [-0.05, 0) is 24.7 Å². The fourth-order valence-corrected chi connectivity index (χ4v) is 2.32. The van der Waals surface area contributed by atoms with Crippen molar-refractivity contribution in [1.82, 2.24) is 9.88 Å². The number of H-pyrrole nitrogens is 1. The lowest BCUT2D eigenvalue weighted by molar-refractivity contribution is -0.383. The predicted molar refractivity (Wildman–Crippen MR) is 78.1 cm³/mol. The number of methoxy groups -OCH3 is 1. The first-order valence-corrected chi connectivity index (χ1v) is 6.65. The first kappa shape index (κ1) is 14.3. The summed E-state index contributed by atoms with van der Waals surface area (Å²) in [7, 11) is 1.52. The summed E-state index contributed by atoms with van der Waals surface area (Å²) in [6, 6.07) is 3.29. The second-order valence-electron chi connectivity index (χ2n) is 4.60. The Hall–Kier alpha value is -2.08. The van der Waals surface area contributed by atoms with Gasteiger partial charge in [-0.1, -0.05) is 13.8 Å². The van der Waals surface area contributed by atoms with Crippen LogP contribution in [0.1, 0.15) is 19.4 Å². The van der Waals surface area contributed by atoms with E-state index in [0.29, 0.717) is 11.3 Å². The molecule has 0 aliphatic rings. The maximum atomic E-state index is 11.1. The van der Waals surface area contributed by atoms with Crippen LogP contribution < -0.4 is 4.74 Å². The lowest BCUT2D eigenvalue weighted by Gasteiger charge is -2.17. The van der Waals surface area contributed by atoms with Gasteiger partial charge in [0.05, 0.1) is 18.1 Å². The highest BCUT2D eigenvalue weighted by molar-refractivity contribution is 5.92. The zero-order valence-corrected chi connectivity index (χ0v) is 12.0. The van der Waals surface area contributed by atoms with Gasteiger partial charge in [-0.15, -0.1) is 0 Å². The molecule has 2 rings (SSSR count). The number of nitrogens with one attached hydrogen (secondary N) is 1. The number of nitrogens with zero attached hydrogens (tertiary/aromatic N) is 2. The second-order valence-corrected chi connectivity index (χ2v) is 4.60. The number of hydrogen-bond acceptors (Lipinski definition) is 4. The molecular formula is C14H19N3O3. The Kier molecular flexibility index (Phi) is 4.24. The van der Waals surface area contributed by atoms with Crippen LogP contribution in [0, 0.1) is 10.1 Å². The number of aromatic nitrogens is 1. The minimum atomic E-state index is -0.386. The van der Waals surface area contributed by atoms with Crippen molar-refractivity contribution in [2.24, 2.45) is 0 Å². The first-order chi connectivity index (χ1) is 9.60. The molecule has 0 fully saturated rings. The Morgan fingerprint density at radius 1 is 1.35 bits per heavy atom. The van der Waals surface area contributed by atoms with E-state index in [1.54, 1.807) is 0 Å². The number of nitro groups is 1. The molecule has 1 aromatic carbocycles. The Morgan fingerprint density at radius 2 is 2.05 bits per heavy atom. The van der Waals surface area contributed by atoms with E-state index in [0.717, 1.165) is 30.6 Å². The van der Waals surface area contributed by atoms with E-state index in [4.69, 9.17) is 4.74 Å². The van der Waals surface area contributed by atoms with Gasteiger partial charge in [0.25, 0.3) is 5.69 Å². The Balaban J connectivity index is 2.53. The van der Waals surface area contributed by atoms with Crippen LogP contribution in [0.3, 0.4) is 0 Å². The number of nitro benzene ring substituents is 1. The standard InChI is InChI=1S/C14H19N3O3/c1-4-16(5-2)9-10-8-15-14-12(10)6-11(20-3)7-13(14)17(18)19/h6-8,15H,4-5,9H2,1-3H3. The Morgan fingerprint density at radius 3 is 2.60 bits per heavy atom. The zero-order valence-electron chi connectivity index (χ0n) is 12.0. The summed E-state index contributed by atoms with van der Waals surface area (Å²) in [6.45, 7) is 6.84. The summed E-state index contributed by atoms with van der Waals surface area (Å²) in [5.41, 5.74) is 1.65. The van der Waals surface area contributed by atoms with Crippen molar-refractivity contribution in [3.63, 3.8) is 0 Å². The fourth-order valence-electron chi connectivity index (χ4n) is 2.32. The maximum Gasteiger partial charge on any atom is 0.296 e. The van der Waals surface area contributed by atoms with Crippen LogP contribution in [-0.2, 0) is 6.54 Å². The van der Waals surface area contributed by atoms with E-state index < -0.39 is 0 Å². The van der Waals surface area contributed by atoms with Gasteiger partial charge in [0, 0.05) is 18.1 Å². The predicted octanol–water partition coefficient (Wildman–Crippen LogP) is 2.93. The van der Waals surface area contributed by atoms with E-state index >= 15 is 0 Å². The van der Waals surface area contributed by atoms with Crippen molar-refractivity contribution >= 4 is 16.6 Å². The van der Waals surface area contributed by atoms with E-state index in [9.17, 15) is 10.1 Å². The minimum Gasteiger partial charge on any atom is -0.496 e. The quantitative estimate of drug-likeness (QED) is 0.651. The van der Waals surface area contributed by atoms with Gasteiger partial charge in [-0.25, -0.2) is 0 Å². The number of ether oxygens (including phenoxy) is 1. The fraction of sp³-hybridized carbons (Fsp3) is 0.429. The normalized spacial score (nSPS) is 11.2. The molecule has 0 amide bonds. The molecule has 0 atom stereocenters. The van der Waals surface area contributed by atoms with Crippen LogP contribution in [0.15, 0.2) is 18.3 Å². The third-order valence-electron chi connectivity index (χ3n) is 3.55. The summed E-state index contributed by atoms with van der Waals surface area (Å²) in [6.07, 6.45) is 1.84. The molecule has 6 nitrogen and oxygen atoms in total. The molecule has 0 aliphatic carbocycles. The lowest BCUT2D eigenvalue weighted by atomic mass is 10.1. The molecule has 0 radical (unpaired) electrons. The Bertz CT molecular complexity index is 617. The van der Waals surface area contributed by atoms with Crippen LogP contribution in [0.2, 0.25) is 0 Å². The topological polar surface area (TPSA) is 71.4 Å². The van der Waals surface area contributed by atoms with E-state index in [2.05, 4.69) is 23.7 Å². The third kappa shape index (κ3) is 2.60.